The van der Waals surface area contributed by atoms with Crippen molar-refractivity contribution in [1.82, 2.24) is 9.80 Å². The number of halogens is 2. The SMILES string of the molecule is COCCN1CCN(C(=O)c2ccc(N)cc2)CC1.Cl.Cl. The molecule has 2 rings (SSSR count). The van der Waals surface area contributed by atoms with E-state index in [1.54, 1.807) is 31.4 Å². The van der Waals surface area contributed by atoms with Crippen LogP contribution in [0.5, 0.6) is 0 Å². The Morgan fingerprint density at radius 3 is 2.24 bits per heavy atom. The number of benzene rings is 1. The highest BCUT2D eigenvalue weighted by molar-refractivity contribution is 5.94. The van der Waals surface area contributed by atoms with Crippen LogP contribution in [0.25, 0.3) is 0 Å². The number of nitrogens with zero attached hydrogens (tertiary/aromatic N) is 2. The third-order valence-corrected chi connectivity index (χ3v) is 3.43. The van der Waals surface area contributed by atoms with Gasteiger partial charge in [-0.25, -0.2) is 0 Å². The second-order valence-electron chi connectivity index (χ2n) is 4.75. The van der Waals surface area contributed by atoms with Gasteiger partial charge in [0, 0.05) is 51.1 Å². The van der Waals surface area contributed by atoms with E-state index < -0.39 is 0 Å². The molecule has 21 heavy (non-hydrogen) atoms. The smallest absolute Gasteiger partial charge is 0.253 e. The van der Waals surface area contributed by atoms with Crippen LogP contribution >= 0.6 is 24.8 Å². The molecule has 1 amide bonds. The fraction of sp³-hybridized carbons (Fsp3) is 0.500. The molecule has 1 aliphatic heterocycles. The fourth-order valence-corrected chi connectivity index (χ4v) is 2.20. The van der Waals surface area contributed by atoms with Gasteiger partial charge in [0.1, 0.15) is 0 Å². The molecule has 7 heteroatoms. The highest BCUT2D eigenvalue weighted by Gasteiger charge is 2.21. The van der Waals surface area contributed by atoms with Crippen molar-refractivity contribution in [1.29, 1.82) is 0 Å². The normalized spacial score (nSPS) is 15.0. The van der Waals surface area contributed by atoms with Gasteiger partial charge >= 0.3 is 0 Å². The van der Waals surface area contributed by atoms with E-state index in [1.807, 2.05) is 4.90 Å². The molecule has 1 fully saturated rings. The van der Waals surface area contributed by atoms with Crippen LogP contribution in [0.1, 0.15) is 10.4 Å². The van der Waals surface area contributed by atoms with Crippen molar-refractivity contribution in [3.8, 4) is 0 Å². The van der Waals surface area contributed by atoms with Gasteiger partial charge in [-0.15, -0.1) is 24.8 Å². The minimum absolute atomic E-state index is 0. The van der Waals surface area contributed by atoms with Crippen LogP contribution in [0.2, 0.25) is 0 Å². The molecule has 5 nitrogen and oxygen atoms in total. The minimum atomic E-state index is 0. The molecule has 0 atom stereocenters. The third-order valence-electron chi connectivity index (χ3n) is 3.43. The summed E-state index contributed by atoms with van der Waals surface area (Å²) in [7, 11) is 1.71. The summed E-state index contributed by atoms with van der Waals surface area (Å²) in [4.78, 5) is 16.5. The lowest BCUT2D eigenvalue weighted by Crippen LogP contribution is -2.49. The Morgan fingerprint density at radius 1 is 1.14 bits per heavy atom. The van der Waals surface area contributed by atoms with Gasteiger partial charge in [-0.1, -0.05) is 0 Å². The van der Waals surface area contributed by atoms with Gasteiger partial charge in [-0.3, -0.25) is 9.69 Å². The maximum absolute atomic E-state index is 12.3. The summed E-state index contributed by atoms with van der Waals surface area (Å²) in [6.45, 7) is 5.03. The molecule has 2 N–H and O–H groups in total. The highest BCUT2D eigenvalue weighted by Crippen LogP contribution is 2.11. The van der Waals surface area contributed by atoms with Crippen LogP contribution in [0.15, 0.2) is 24.3 Å². The number of hydrogen-bond acceptors (Lipinski definition) is 4. The van der Waals surface area contributed by atoms with Gasteiger partial charge in [-0.05, 0) is 24.3 Å². The Labute approximate surface area is 138 Å². The molecular formula is C14H23Cl2N3O2. The molecule has 1 aromatic carbocycles. The zero-order chi connectivity index (χ0) is 13.7. The van der Waals surface area contributed by atoms with Gasteiger partial charge in [0.2, 0.25) is 0 Å². The number of methoxy groups -OCH3 is 1. The second kappa shape index (κ2) is 9.84. The van der Waals surface area contributed by atoms with E-state index in [0.717, 1.165) is 39.3 Å². The van der Waals surface area contributed by atoms with E-state index in [4.69, 9.17) is 10.5 Å². The number of carbonyl (C=O) groups excluding carboxylic acids is 1. The Balaban J connectivity index is 0.00000200. The first-order valence-electron chi connectivity index (χ1n) is 6.57. The average molecular weight is 336 g/mol. The Hall–Kier alpha value is -1.01. The predicted molar refractivity (Wildman–Crippen MR) is 89.6 cm³/mol. The fourth-order valence-electron chi connectivity index (χ4n) is 2.20. The van der Waals surface area contributed by atoms with Gasteiger partial charge in [0.05, 0.1) is 6.61 Å². The van der Waals surface area contributed by atoms with Crippen LogP contribution in [-0.4, -0.2) is 62.1 Å². The zero-order valence-corrected chi connectivity index (χ0v) is 13.8. The summed E-state index contributed by atoms with van der Waals surface area (Å²) in [5, 5.41) is 0. The van der Waals surface area contributed by atoms with E-state index >= 15 is 0 Å². The van der Waals surface area contributed by atoms with Crippen LogP contribution in [0, 0.1) is 0 Å². The molecule has 0 spiro atoms. The lowest BCUT2D eigenvalue weighted by atomic mass is 10.1. The van der Waals surface area contributed by atoms with Crippen molar-refractivity contribution in [3.63, 3.8) is 0 Å². The number of amides is 1. The number of nitrogens with two attached hydrogens (primary N) is 1. The second-order valence-corrected chi connectivity index (χ2v) is 4.75. The maximum atomic E-state index is 12.3. The van der Waals surface area contributed by atoms with Gasteiger partial charge < -0.3 is 15.4 Å². The Bertz CT molecular complexity index is 421. The zero-order valence-electron chi connectivity index (χ0n) is 12.2. The lowest BCUT2D eigenvalue weighted by molar-refractivity contribution is 0.0594. The number of rotatable bonds is 4. The lowest BCUT2D eigenvalue weighted by Gasteiger charge is -2.34. The van der Waals surface area contributed by atoms with Crippen LogP contribution in [-0.2, 0) is 4.74 Å². The molecule has 120 valence electrons. The monoisotopic (exact) mass is 335 g/mol. The number of ether oxygens (including phenoxy) is 1. The first kappa shape index (κ1) is 20.0. The van der Waals surface area contributed by atoms with Gasteiger partial charge in [0.25, 0.3) is 5.91 Å². The molecular weight excluding hydrogens is 313 g/mol. The van der Waals surface area contributed by atoms with Crippen molar-refractivity contribution in [2.24, 2.45) is 0 Å². The highest BCUT2D eigenvalue weighted by atomic mass is 35.5. The van der Waals surface area contributed by atoms with Crippen LogP contribution in [0.3, 0.4) is 0 Å². The summed E-state index contributed by atoms with van der Waals surface area (Å²) in [5.74, 6) is 0.0893. The van der Waals surface area contributed by atoms with E-state index in [1.165, 1.54) is 0 Å². The summed E-state index contributed by atoms with van der Waals surface area (Å²) in [6.07, 6.45) is 0. The standard InChI is InChI=1S/C14H21N3O2.2ClH/c1-19-11-10-16-6-8-17(9-7-16)14(18)12-2-4-13(15)5-3-12;;/h2-5H,6-11,15H2,1H3;2*1H. The van der Waals surface area contributed by atoms with Crippen LogP contribution < -0.4 is 5.73 Å². The molecule has 0 bridgehead atoms. The summed E-state index contributed by atoms with van der Waals surface area (Å²) < 4.78 is 5.07. The first-order valence-corrected chi connectivity index (χ1v) is 6.57. The van der Waals surface area contributed by atoms with Gasteiger partial charge in [-0.2, -0.15) is 0 Å². The largest absolute Gasteiger partial charge is 0.399 e. The Kier molecular flexibility index (Phi) is 9.37. The number of carbonyl (C=O) groups is 1. The van der Waals surface area contributed by atoms with Crippen molar-refractivity contribution in [3.05, 3.63) is 29.8 Å². The van der Waals surface area contributed by atoms with E-state index in [-0.39, 0.29) is 30.7 Å². The minimum Gasteiger partial charge on any atom is -0.399 e. The molecule has 0 aromatic heterocycles. The number of anilines is 1. The summed E-state index contributed by atoms with van der Waals surface area (Å²) >= 11 is 0. The number of nitrogen functional groups attached to an aromatic ring is 1. The average Bonchev–Trinajstić information content (AvgIpc) is 2.46. The summed E-state index contributed by atoms with van der Waals surface area (Å²) in [6, 6.07) is 7.11. The molecule has 0 saturated carbocycles. The van der Waals surface area contributed by atoms with E-state index in [0.29, 0.717) is 11.3 Å². The van der Waals surface area contributed by atoms with Crippen molar-refractivity contribution in [2.45, 2.75) is 0 Å². The van der Waals surface area contributed by atoms with E-state index in [2.05, 4.69) is 4.90 Å². The molecule has 0 unspecified atom stereocenters. The molecule has 1 aromatic rings. The van der Waals surface area contributed by atoms with Gasteiger partial charge in [0.15, 0.2) is 0 Å². The molecule has 1 aliphatic rings. The topological polar surface area (TPSA) is 58.8 Å². The molecule has 0 aliphatic carbocycles. The van der Waals surface area contributed by atoms with Crippen molar-refractivity contribution in [2.75, 3.05) is 52.2 Å². The van der Waals surface area contributed by atoms with Crippen molar-refractivity contribution < 1.29 is 9.53 Å². The third kappa shape index (κ3) is 5.71. The molecule has 1 saturated heterocycles. The first-order chi connectivity index (χ1) is 9.20. The maximum Gasteiger partial charge on any atom is 0.253 e. The molecule has 0 radical (unpaired) electrons. The number of hydrogen-bond donors (Lipinski definition) is 1. The Morgan fingerprint density at radius 2 is 1.71 bits per heavy atom. The van der Waals surface area contributed by atoms with E-state index in [9.17, 15) is 4.79 Å². The van der Waals surface area contributed by atoms with Crippen molar-refractivity contribution >= 4 is 36.4 Å². The predicted octanol–water partition coefficient (Wildman–Crippen LogP) is 1.52. The molecule has 1 heterocycles. The summed E-state index contributed by atoms with van der Waals surface area (Å²) in [5.41, 5.74) is 7.02. The quantitative estimate of drug-likeness (QED) is 0.847. The number of piperazine rings is 1. The van der Waals surface area contributed by atoms with Crippen LogP contribution in [0.4, 0.5) is 5.69 Å².